The Morgan fingerprint density at radius 3 is 2.48 bits per heavy atom. The summed E-state index contributed by atoms with van der Waals surface area (Å²) in [5.74, 6) is 1.89. The van der Waals surface area contributed by atoms with Gasteiger partial charge in [0.1, 0.15) is 0 Å². The number of nitrogens with zero attached hydrogens (tertiary/aromatic N) is 6. The van der Waals surface area contributed by atoms with Gasteiger partial charge in [0.05, 0.1) is 0 Å². The van der Waals surface area contributed by atoms with Crippen molar-refractivity contribution in [1.82, 2.24) is 25.1 Å². The van der Waals surface area contributed by atoms with Crippen LogP contribution >= 0.6 is 0 Å². The average Bonchev–Trinajstić information content (AvgIpc) is 3.00. The lowest BCUT2D eigenvalue weighted by Gasteiger charge is -2.34. The molecule has 0 atom stereocenters. The van der Waals surface area contributed by atoms with Gasteiger partial charge < -0.3 is 15.1 Å². The smallest absolute Gasteiger partial charge is 0.225 e. The minimum Gasteiger partial charge on any atom is -0.355 e. The van der Waals surface area contributed by atoms with Crippen molar-refractivity contribution in [3.8, 4) is 0 Å². The molecule has 138 valence electrons. The number of anilines is 1. The average molecular weight is 345 g/mol. The van der Waals surface area contributed by atoms with Gasteiger partial charge in [0.15, 0.2) is 5.96 Å². The first-order chi connectivity index (χ1) is 12.1. The Morgan fingerprint density at radius 1 is 1.16 bits per heavy atom. The summed E-state index contributed by atoms with van der Waals surface area (Å²) >= 11 is 0. The molecular formula is C18H31N7. The van der Waals surface area contributed by atoms with Crippen molar-refractivity contribution in [2.45, 2.75) is 20.3 Å². The molecule has 2 fully saturated rings. The molecule has 0 unspecified atom stereocenters. The van der Waals surface area contributed by atoms with E-state index in [0.29, 0.717) is 5.41 Å². The Hall–Kier alpha value is -1.89. The second-order valence-corrected chi connectivity index (χ2v) is 7.69. The number of likely N-dealkylation sites (tertiary alicyclic amines) is 1. The molecule has 25 heavy (non-hydrogen) atoms. The zero-order chi connectivity index (χ0) is 17.7. The van der Waals surface area contributed by atoms with Gasteiger partial charge in [0.25, 0.3) is 0 Å². The Labute approximate surface area is 151 Å². The number of guanidine groups is 1. The molecule has 7 heteroatoms. The summed E-state index contributed by atoms with van der Waals surface area (Å²) in [6, 6.07) is 1.86. The molecule has 2 aliphatic rings. The molecule has 0 amide bonds. The fourth-order valence-corrected chi connectivity index (χ4v) is 3.58. The summed E-state index contributed by atoms with van der Waals surface area (Å²) in [7, 11) is 1.88. The van der Waals surface area contributed by atoms with E-state index < -0.39 is 0 Å². The Kier molecular flexibility index (Phi) is 5.73. The lowest BCUT2D eigenvalue weighted by atomic mass is 9.93. The molecule has 0 aliphatic carbocycles. The largest absolute Gasteiger partial charge is 0.355 e. The molecule has 7 nitrogen and oxygen atoms in total. The third-order valence-corrected chi connectivity index (χ3v) is 5.11. The molecule has 1 aromatic rings. The van der Waals surface area contributed by atoms with Crippen LogP contribution in [0.1, 0.15) is 20.3 Å². The number of hydrogen-bond acceptors (Lipinski definition) is 5. The molecule has 0 spiro atoms. The summed E-state index contributed by atoms with van der Waals surface area (Å²) in [4.78, 5) is 20.3. The van der Waals surface area contributed by atoms with Crippen LogP contribution in [-0.2, 0) is 0 Å². The predicted molar refractivity (Wildman–Crippen MR) is 102 cm³/mol. The third kappa shape index (κ3) is 4.81. The highest BCUT2D eigenvalue weighted by Gasteiger charge is 2.30. The van der Waals surface area contributed by atoms with Gasteiger partial charge in [0.2, 0.25) is 5.95 Å². The maximum atomic E-state index is 4.46. The minimum atomic E-state index is 0.396. The van der Waals surface area contributed by atoms with Crippen molar-refractivity contribution in [2.24, 2.45) is 10.4 Å². The summed E-state index contributed by atoms with van der Waals surface area (Å²) in [6.07, 6.45) is 4.85. The van der Waals surface area contributed by atoms with Gasteiger partial charge in [-0.25, -0.2) is 9.97 Å². The Bertz CT molecular complexity index is 564. The number of rotatable bonds is 4. The molecule has 2 aliphatic heterocycles. The minimum absolute atomic E-state index is 0.396. The van der Waals surface area contributed by atoms with Gasteiger partial charge in [-0.3, -0.25) is 9.89 Å². The SMILES string of the molecule is CN=C(NCCN1CCN(c2ncccn2)CC1)N1CCC(C)(C)C1. The lowest BCUT2D eigenvalue weighted by Crippen LogP contribution is -2.50. The van der Waals surface area contributed by atoms with Crippen LogP contribution in [-0.4, -0.2) is 85.1 Å². The molecule has 3 heterocycles. The summed E-state index contributed by atoms with van der Waals surface area (Å²) < 4.78 is 0. The van der Waals surface area contributed by atoms with Gasteiger partial charge in [0, 0.05) is 71.8 Å². The maximum Gasteiger partial charge on any atom is 0.225 e. The fourth-order valence-electron chi connectivity index (χ4n) is 3.58. The lowest BCUT2D eigenvalue weighted by molar-refractivity contribution is 0.259. The van der Waals surface area contributed by atoms with E-state index in [4.69, 9.17) is 0 Å². The van der Waals surface area contributed by atoms with Gasteiger partial charge in [-0.2, -0.15) is 0 Å². The van der Waals surface area contributed by atoms with Crippen LogP contribution in [0.3, 0.4) is 0 Å². The van der Waals surface area contributed by atoms with Crippen molar-refractivity contribution < 1.29 is 0 Å². The van der Waals surface area contributed by atoms with Crippen LogP contribution in [0.5, 0.6) is 0 Å². The molecule has 0 saturated carbocycles. The highest BCUT2D eigenvalue weighted by molar-refractivity contribution is 5.80. The van der Waals surface area contributed by atoms with Gasteiger partial charge in [-0.15, -0.1) is 0 Å². The first-order valence-corrected chi connectivity index (χ1v) is 9.27. The molecular weight excluding hydrogens is 314 g/mol. The van der Waals surface area contributed by atoms with E-state index in [1.807, 2.05) is 25.5 Å². The number of aromatic nitrogens is 2. The van der Waals surface area contributed by atoms with E-state index in [2.05, 4.69) is 48.8 Å². The van der Waals surface area contributed by atoms with E-state index in [9.17, 15) is 0 Å². The standard InChI is InChI=1S/C18H31N7/c1-18(2)5-9-25(15-18)16(19-3)22-8-10-23-11-13-24(14-12-23)17-20-6-4-7-21-17/h4,6-7H,5,8-15H2,1-3H3,(H,19,22). The molecule has 1 aromatic heterocycles. The predicted octanol–water partition coefficient (Wildman–Crippen LogP) is 0.906. The van der Waals surface area contributed by atoms with Crippen molar-refractivity contribution >= 4 is 11.9 Å². The van der Waals surface area contributed by atoms with Crippen LogP contribution in [0.4, 0.5) is 5.95 Å². The van der Waals surface area contributed by atoms with Gasteiger partial charge in [-0.1, -0.05) is 13.8 Å². The zero-order valence-electron chi connectivity index (χ0n) is 15.8. The molecule has 0 radical (unpaired) electrons. The highest BCUT2D eigenvalue weighted by atomic mass is 15.3. The number of aliphatic imine (C=N–C) groups is 1. The summed E-state index contributed by atoms with van der Waals surface area (Å²) in [5, 5.41) is 3.54. The van der Waals surface area contributed by atoms with Crippen LogP contribution in [0.2, 0.25) is 0 Å². The summed E-state index contributed by atoms with van der Waals surface area (Å²) in [6.45, 7) is 12.9. The molecule has 2 saturated heterocycles. The third-order valence-electron chi connectivity index (χ3n) is 5.11. The molecule has 1 N–H and O–H groups in total. The molecule has 3 rings (SSSR count). The van der Waals surface area contributed by atoms with E-state index >= 15 is 0 Å². The van der Waals surface area contributed by atoms with Crippen LogP contribution in [0, 0.1) is 5.41 Å². The van der Waals surface area contributed by atoms with Crippen LogP contribution in [0.15, 0.2) is 23.5 Å². The first kappa shape index (κ1) is 17.9. The van der Waals surface area contributed by atoms with Crippen molar-refractivity contribution in [1.29, 1.82) is 0 Å². The topological polar surface area (TPSA) is 59.9 Å². The molecule has 0 bridgehead atoms. The number of nitrogens with one attached hydrogen (secondary N) is 1. The van der Waals surface area contributed by atoms with E-state index in [1.54, 1.807) is 0 Å². The second kappa shape index (κ2) is 7.99. The van der Waals surface area contributed by atoms with Gasteiger partial charge >= 0.3 is 0 Å². The molecule has 0 aromatic carbocycles. The highest BCUT2D eigenvalue weighted by Crippen LogP contribution is 2.28. The Morgan fingerprint density at radius 2 is 1.88 bits per heavy atom. The van der Waals surface area contributed by atoms with Crippen molar-refractivity contribution in [3.05, 3.63) is 18.5 Å². The van der Waals surface area contributed by atoms with Gasteiger partial charge in [-0.05, 0) is 17.9 Å². The first-order valence-electron chi connectivity index (χ1n) is 9.27. The number of piperazine rings is 1. The van der Waals surface area contributed by atoms with Crippen molar-refractivity contribution in [3.63, 3.8) is 0 Å². The Balaban J connectivity index is 1.38. The monoisotopic (exact) mass is 345 g/mol. The van der Waals surface area contributed by atoms with Crippen LogP contribution in [0.25, 0.3) is 0 Å². The summed E-state index contributed by atoms with van der Waals surface area (Å²) in [5.41, 5.74) is 0.396. The van der Waals surface area contributed by atoms with E-state index in [-0.39, 0.29) is 0 Å². The second-order valence-electron chi connectivity index (χ2n) is 7.69. The normalized spacial score (nSPS) is 21.6. The fraction of sp³-hybridized carbons (Fsp3) is 0.722. The van der Waals surface area contributed by atoms with E-state index in [0.717, 1.165) is 64.3 Å². The van der Waals surface area contributed by atoms with Crippen LogP contribution < -0.4 is 10.2 Å². The number of hydrogen-bond donors (Lipinski definition) is 1. The zero-order valence-corrected chi connectivity index (χ0v) is 15.8. The van der Waals surface area contributed by atoms with Crippen molar-refractivity contribution in [2.75, 3.05) is 64.3 Å². The quantitative estimate of drug-likeness (QED) is 0.646. The van der Waals surface area contributed by atoms with E-state index in [1.165, 1.54) is 6.42 Å². The maximum absolute atomic E-state index is 4.46.